The van der Waals surface area contributed by atoms with E-state index in [1.54, 1.807) is 0 Å². The molecule has 30 heavy (non-hydrogen) atoms. The number of aliphatic hydroxyl groups excluding tert-OH is 2. The van der Waals surface area contributed by atoms with Crippen molar-refractivity contribution in [2.24, 2.45) is 0 Å². The Morgan fingerprint density at radius 2 is 1.20 bits per heavy atom. The van der Waals surface area contributed by atoms with Crippen LogP contribution in [-0.4, -0.2) is 46.7 Å². The number of fused-ring (bicyclic) bond motifs is 2. The van der Waals surface area contributed by atoms with Gasteiger partial charge in [0.2, 0.25) is 0 Å². The van der Waals surface area contributed by atoms with E-state index in [0.29, 0.717) is 13.1 Å². The summed E-state index contributed by atoms with van der Waals surface area (Å²) in [5.41, 5.74) is 1.08. The monoisotopic (exact) mass is 433 g/mol. The number of ether oxygens (including phenoxy) is 2. The molecule has 6 heteroatoms. The van der Waals surface area contributed by atoms with Crippen LogP contribution in [0, 0.1) is 0 Å². The first-order chi connectivity index (χ1) is 13.9. The number of rotatable bonds is 6. The van der Waals surface area contributed by atoms with Gasteiger partial charge < -0.3 is 25.0 Å². The molecule has 0 saturated carbocycles. The van der Waals surface area contributed by atoms with Crippen LogP contribution in [0.2, 0.25) is 0 Å². The standard InChI is InChI=1S/C24H31NO4.ClH/c1-23(13-11-17-7-3-5-9-19(17)28-23)21(26)15-25-16-22(27)24(2)14-12-18-8-4-6-10-20(18)29-24;/h3-10,21-22,25-27H,11-16H2,1-2H3;1H. The average Bonchev–Trinajstić information content (AvgIpc) is 2.73. The summed E-state index contributed by atoms with van der Waals surface area (Å²) in [6.45, 7) is 4.60. The number of hydrogen-bond donors (Lipinski definition) is 3. The summed E-state index contributed by atoms with van der Waals surface area (Å²) in [6, 6.07) is 16.0. The lowest BCUT2D eigenvalue weighted by atomic mass is 9.87. The molecule has 5 nitrogen and oxygen atoms in total. The van der Waals surface area contributed by atoms with Crippen LogP contribution >= 0.6 is 12.4 Å². The summed E-state index contributed by atoms with van der Waals surface area (Å²) >= 11 is 0. The quantitative estimate of drug-likeness (QED) is 0.652. The van der Waals surface area contributed by atoms with E-state index in [9.17, 15) is 10.2 Å². The first-order valence-electron chi connectivity index (χ1n) is 10.5. The normalized spacial score (nSPS) is 26.8. The highest BCUT2D eigenvalue weighted by atomic mass is 35.5. The largest absolute Gasteiger partial charge is 0.485 e. The lowest BCUT2D eigenvalue weighted by molar-refractivity contribution is -0.0653. The van der Waals surface area contributed by atoms with Crippen molar-refractivity contribution in [1.82, 2.24) is 5.32 Å². The van der Waals surface area contributed by atoms with Gasteiger partial charge in [-0.05, 0) is 62.8 Å². The Labute approximate surface area is 184 Å². The molecule has 0 fully saturated rings. The Bertz CT molecular complexity index is 793. The van der Waals surface area contributed by atoms with Crippen molar-refractivity contribution in [1.29, 1.82) is 0 Å². The summed E-state index contributed by atoms with van der Waals surface area (Å²) < 4.78 is 12.3. The maximum absolute atomic E-state index is 10.8. The molecule has 0 saturated heterocycles. The predicted octanol–water partition coefficient (Wildman–Crippen LogP) is 3.29. The number of aliphatic hydroxyl groups is 2. The summed E-state index contributed by atoms with van der Waals surface area (Å²) in [4.78, 5) is 0. The van der Waals surface area contributed by atoms with Gasteiger partial charge in [-0.2, -0.15) is 0 Å². The van der Waals surface area contributed by atoms with Gasteiger partial charge in [0.25, 0.3) is 0 Å². The van der Waals surface area contributed by atoms with Gasteiger partial charge in [-0.15, -0.1) is 12.4 Å². The van der Waals surface area contributed by atoms with E-state index >= 15 is 0 Å². The number of para-hydroxylation sites is 2. The van der Waals surface area contributed by atoms with E-state index in [-0.39, 0.29) is 12.4 Å². The summed E-state index contributed by atoms with van der Waals surface area (Å²) in [6.07, 6.45) is 1.93. The van der Waals surface area contributed by atoms with Crippen molar-refractivity contribution >= 4 is 12.4 Å². The van der Waals surface area contributed by atoms with Gasteiger partial charge in [-0.3, -0.25) is 0 Å². The van der Waals surface area contributed by atoms with Crippen LogP contribution in [0.4, 0.5) is 0 Å². The molecular weight excluding hydrogens is 402 g/mol. The van der Waals surface area contributed by atoms with Gasteiger partial charge in [0.15, 0.2) is 0 Å². The fourth-order valence-corrected chi connectivity index (χ4v) is 4.25. The number of benzene rings is 2. The average molecular weight is 434 g/mol. The van der Waals surface area contributed by atoms with E-state index in [1.807, 2.05) is 50.2 Å². The fraction of sp³-hybridized carbons (Fsp3) is 0.500. The Morgan fingerprint density at radius 3 is 1.63 bits per heavy atom. The number of aryl methyl sites for hydroxylation is 2. The van der Waals surface area contributed by atoms with Gasteiger partial charge in [0.1, 0.15) is 34.9 Å². The zero-order valence-corrected chi connectivity index (χ0v) is 18.5. The Hall–Kier alpha value is -1.79. The molecule has 2 aliphatic heterocycles. The predicted molar refractivity (Wildman–Crippen MR) is 120 cm³/mol. The number of nitrogens with one attached hydrogen (secondary N) is 1. The summed E-state index contributed by atoms with van der Waals surface area (Å²) in [5, 5.41) is 24.8. The summed E-state index contributed by atoms with van der Waals surface area (Å²) in [7, 11) is 0. The third-order valence-corrected chi connectivity index (χ3v) is 6.50. The minimum absolute atomic E-state index is 0. The minimum atomic E-state index is -0.677. The van der Waals surface area contributed by atoms with Gasteiger partial charge >= 0.3 is 0 Å². The Morgan fingerprint density at radius 1 is 0.800 bits per heavy atom. The molecule has 2 aromatic rings. The van der Waals surface area contributed by atoms with Crippen LogP contribution in [0.3, 0.4) is 0 Å². The lowest BCUT2D eigenvalue weighted by Gasteiger charge is -2.41. The Kier molecular flexibility index (Phi) is 6.98. The fourth-order valence-electron chi connectivity index (χ4n) is 4.25. The van der Waals surface area contributed by atoms with Crippen molar-refractivity contribution in [3.05, 3.63) is 59.7 Å². The molecule has 0 radical (unpaired) electrons. The molecule has 0 amide bonds. The third kappa shape index (κ3) is 4.59. The highest BCUT2D eigenvalue weighted by Gasteiger charge is 2.40. The third-order valence-electron chi connectivity index (χ3n) is 6.50. The molecule has 2 heterocycles. The first kappa shape index (κ1) is 22.9. The SMILES string of the molecule is CC1(C(O)CNCC(O)C2(C)CCc3ccccc3O2)CCc2ccccc2O1.Cl. The van der Waals surface area contributed by atoms with Crippen LogP contribution in [0.15, 0.2) is 48.5 Å². The summed E-state index contributed by atoms with van der Waals surface area (Å²) in [5.74, 6) is 1.70. The van der Waals surface area contributed by atoms with E-state index in [0.717, 1.165) is 37.2 Å². The lowest BCUT2D eigenvalue weighted by Crippen LogP contribution is -2.55. The molecule has 4 rings (SSSR count). The molecular formula is C24H32ClNO4. The molecule has 2 aliphatic rings. The smallest absolute Gasteiger partial charge is 0.133 e. The maximum atomic E-state index is 10.8. The highest BCUT2D eigenvalue weighted by molar-refractivity contribution is 5.85. The van der Waals surface area contributed by atoms with Crippen molar-refractivity contribution in [2.45, 2.75) is 62.9 Å². The molecule has 164 valence electrons. The number of halogens is 1. The first-order valence-corrected chi connectivity index (χ1v) is 10.5. The second kappa shape index (κ2) is 9.15. The molecule has 0 aromatic heterocycles. The van der Waals surface area contributed by atoms with Crippen LogP contribution in [0.1, 0.15) is 37.8 Å². The molecule has 0 bridgehead atoms. The van der Waals surface area contributed by atoms with E-state index in [1.165, 1.54) is 11.1 Å². The highest BCUT2D eigenvalue weighted by Crippen LogP contribution is 2.36. The molecule has 2 aromatic carbocycles. The van der Waals surface area contributed by atoms with Crippen LogP contribution in [-0.2, 0) is 12.8 Å². The van der Waals surface area contributed by atoms with Gasteiger partial charge in [0, 0.05) is 13.1 Å². The van der Waals surface area contributed by atoms with Gasteiger partial charge in [-0.25, -0.2) is 0 Å². The molecule has 0 spiro atoms. The zero-order chi connectivity index (χ0) is 20.5. The van der Waals surface area contributed by atoms with Gasteiger partial charge in [-0.1, -0.05) is 36.4 Å². The van der Waals surface area contributed by atoms with Gasteiger partial charge in [0.05, 0.1) is 0 Å². The molecule has 4 atom stereocenters. The zero-order valence-electron chi connectivity index (χ0n) is 17.6. The van der Waals surface area contributed by atoms with Crippen LogP contribution < -0.4 is 14.8 Å². The Balaban J connectivity index is 0.00000256. The second-order valence-corrected chi connectivity index (χ2v) is 8.73. The topological polar surface area (TPSA) is 71.0 Å². The van der Waals surface area contributed by atoms with E-state index in [2.05, 4.69) is 17.4 Å². The van der Waals surface area contributed by atoms with E-state index in [4.69, 9.17) is 9.47 Å². The van der Waals surface area contributed by atoms with Crippen LogP contribution in [0.5, 0.6) is 11.5 Å². The number of hydrogen-bond acceptors (Lipinski definition) is 5. The molecule has 4 unspecified atom stereocenters. The minimum Gasteiger partial charge on any atom is -0.485 e. The van der Waals surface area contributed by atoms with E-state index < -0.39 is 23.4 Å². The molecule has 3 N–H and O–H groups in total. The van der Waals surface area contributed by atoms with Crippen molar-refractivity contribution in [3.8, 4) is 11.5 Å². The molecule has 0 aliphatic carbocycles. The van der Waals surface area contributed by atoms with Crippen molar-refractivity contribution in [2.75, 3.05) is 13.1 Å². The van der Waals surface area contributed by atoms with Crippen LogP contribution in [0.25, 0.3) is 0 Å². The maximum Gasteiger partial charge on any atom is 0.133 e. The second-order valence-electron chi connectivity index (χ2n) is 8.73. The van der Waals surface area contributed by atoms with Crippen molar-refractivity contribution < 1.29 is 19.7 Å². The van der Waals surface area contributed by atoms with Crippen molar-refractivity contribution in [3.63, 3.8) is 0 Å².